The lowest BCUT2D eigenvalue weighted by atomic mass is 10.2. The smallest absolute Gasteiger partial charge is 0.264 e. The second-order valence-electron chi connectivity index (χ2n) is 3.81. The van der Waals surface area contributed by atoms with Gasteiger partial charge in [0.15, 0.2) is 12.5 Å². The summed E-state index contributed by atoms with van der Waals surface area (Å²) in [6, 6.07) is 1.33. The van der Waals surface area contributed by atoms with Gasteiger partial charge in [0.05, 0.1) is 12.5 Å². The summed E-state index contributed by atoms with van der Waals surface area (Å²) < 4.78 is 16.9. The van der Waals surface area contributed by atoms with Crippen molar-refractivity contribution in [1.29, 1.82) is 0 Å². The molecule has 0 radical (unpaired) electrons. The highest BCUT2D eigenvalue weighted by Gasteiger charge is 2.03. The van der Waals surface area contributed by atoms with Crippen molar-refractivity contribution in [2.75, 3.05) is 13.8 Å². The van der Waals surface area contributed by atoms with Gasteiger partial charge in [0.25, 0.3) is 5.56 Å². The minimum atomic E-state index is -1.02. The van der Waals surface area contributed by atoms with E-state index in [2.05, 4.69) is 10.2 Å². The van der Waals surface area contributed by atoms with E-state index in [1.54, 1.807) is 12.2 Å². The first kappa shape index (κ1) is 16.1. The quantitative estimate of drug-likeness (QED) is 0.616. The Bertz CT molecular complexity index is 569. The number of aromatic nitrogens is 2. The number of alkyl halides is 2. The number of ether oxygens (including phenoxy) is 1. The summed E-state index contributed by atoms with van der Waals surface area (Å²) in [7, 11) is 1.43. The summed E-state index contributed by atoms with van der Waals surface area (Å²) in [4.78, 5) is 21.9. The number of hydrogen-bond acceptors (Lipinski definition) is 4. The summed E-state index contributed by atoms with van der Waals surface area (Å²) in [6.07, 6.45) is 6.24. The first-order chi connectivity index (χ1) is 9.56. The highest BCUT2D eigenvalue weighted by molar-refractivity contribution is 6.22. The zero-order valence-electron chi connectivity index (χ0n) is 10.8. The molecule has 1 aromatic heterocycles. The number of halogens is 2. The van der Waals surface area contributed by atoms with Crippen molar-refractivity contribution >= 4 is 23.5 Å². The van der Waals surface area contributed by atoms with Gasteiger partial charge in [0.1, 0.15) is 0 Å². The van der Waals surface area contributed by atoms with Crippen LogP contribution in [0.2, 0.25) is 0 Å². The highest BCUT2D eigenvalue weighted by Crippen LogP contribution is 2.15. The number of nitrogens with one attached hydrogen (secondary N) is 1. The highest BCUT2D eigenvalue weighted by atomic mass is 35.5. The van der Waals surface area contributed by atoms with E-state index >= 15 is 0 Å². The van der Waals surface area contributed by atoms with Crippen LogP contribution >= 0.6 is 11.6 Å². The van der Waals surface area contributed by atoms with E-state index in [-0.39, 0.29) is 11.4 Å². The molecule has 7 heteroatoms. The molecule has 0 aliphatic carbocycles. The lowest BCUT2D eigenvalue weighted by Crippen LogP contribution is -2.08. The van der Waals surface area contributed by atoms with Gasteiger partial charge in [-0.05, 0) is 12.5 Å². The second kappa shape index (κ2) is 8.27. The Hall–Kier alpha value is -1.95. The maximum absolute atomic E-state index is 11.9. The third-order valence-electron chi connectivity index (χ3n) is 2.28. The summed E-state index contributed by atoms with van der Waals surface area (Å²) in [5.41, 5.74) is 0.135. The Morgan fingerprint density at radius 3 is 3.05 bits per heavy atom. The molecule has 1 heterocycles. The first-order valence-electron chi connectivity index (χ1n) is 5.78. The van der Waals surface area contributed by atoms with Gasteiger partial charge in [-0.25, -0.2) is 9.49 Å². The predicted octanol–water partition coefficient (Wildman–Crippen LogP) is 1.88. The van der Waals surface area contributed by atoms with Crippen molar-refractivity contribution < 1.29 is 13.9 Å². The Balaban J connectivity index is 2.67. The van der Waals surface area contributed by atoms with Crippen molar-refractivity contribution in [2.24, 2.45) is 0 Å². The third kappa shape index (κ3) is 5.36. The topological polar surface area (TPSA) is 72.0 Å². The molecule has 0 fully saturated rings. The monoisotopic (exact) mass is 300 g/mol. The lowest BCUT2D eigenvalue weighted by molar-refractivity contribution is -0.115. The van der Waals surface area contributed by atoms with Crippen LogP contribution in [0.4, 0.5) is 4.39 Å². The number of allylic oxidation sites excluding steroid dienone is 3. The molecule has 0 saturated heterocycles. The number of ketones is 1. The maximum atomic E-state index is 11.9. The number of nitrogens with zero attached hydrogens (tertiary/aromatic N) is 1. The van der Waals surface area contributed by atoms with Crippen molar-refractivity contribution in [2.45, 2.75) is 11.8 Å². The SMILES string of the molecule is COc1n[nH]c(=O)cc1/C=C/C(Cl)C/C=C/C(=O)CF. The van der Waals surface area contributed by atoms with Gasteiger partial charge in [-0.1, -0.05) is 18.2 Å². The molecular weight excluding hydrogens is 287 g/mol. The Morgan fingerprint density at radius 1 is 1.65 bits per heavy atom. The number of carbonyl (C=O) groups is 1. The van der Waals surface area contributed by atoms with Crippen LogP contribution in [0, 0.1) is 0 Å². The molecule has 1 atom stereocenters. The Morgan fingerprint density at radius 2 is 2.40 bits per heavy atom. The van der Waals surface area contributed by atoms with E-state index in [9.17, 15) is 14.0 Å². The van der Waals surface area contributed by atoms with Crippen LogP contribution in [0.3, 0.4) is 0 Å². The van der Waals surface area contributed by atoms with Crippen LogP contribution in [0.1, 0.15) is 12.0 Å². The van der Waals surface area contributed by atoms with Crippen LogP contribution in [-0.2, 0) is 4.79 Å². The zero-order valence-corrected chi connectivity index (χ0v) is 11.6. The standard InChI is InChI=1S/C13H14ClFN2O3/c1-20-13-9(7-12(19)16-17-13)5-6-10(14)3-2-4-11(18)8-15/h2,4-7,10H,3,8H2,1H3,(H,16,19)/b4-2+,6-5+. The van der Waals surface area contributed by atoms with Gasteiger partial charge < -0.3 is 4.74 Å². The van der Waals surface area contributed by atoms with Gasteiger partial charge in [-0.2, -0.15) is 0 Å². The average molecular weight is 301 g/mol. The van der Waals surface area contributed by atoms with E-state index in [0.717, 1.165) is 6.08 Å². The van der Waals surface area contributed by atoms with E-state index < -0.39 is 17.8 Å². The molecule has 1 N–H and O–H groups in total. The molecule has 0 bridgehead atoms. The summed E-state index contributed by atoms with van der Waals surface area (Å²) in [6.45, 7) is -1.02. The molecule has 20 heavy (non-hydrogen) atoms. The fourth-order valence-electron chi connectivity index (χ4n) is 1.35. The van der Waals surface area contributed by atoms with Crippen LogP contribution in [0.15, 0.2) is 29.1 Å². The fraction of sp³-hybridized carbons (Fsp3) is 0.308. The molecule has 1 rings (SSSR count). The lowest BCUT2D eigenvalue weighted by Gasteiger charge is -2.02. The number of methoxy groups -OCH3 is 1. The predicted molar refractivity (Wildman–Crippen MR) is 74.8 cm³/mol. The molecule has 0 aliphatic rings. The third-order valence-corrected chi connectivity index (χ3v) is 2.60. The van der Waals surface area contributed by atoms with Gasteiger partial charge in [0.2, 0.25) is 5.88 Å². The average Bonchev–Trinajstić information content (AvgIpc) is 2.45. The summed E-state index contributed by atoms with van der Waals surface area (Å²) >= 11 is 6.00. The molecule has 108 valence electrons. The minimum absolute atomic E-state index is 0.271. The number of carbonyl (C=O) groups excluding carboxylic acids is 1. The van der Waals surface area contributed by atoms with Crippen LogP contribution in [-0.4, -0.2) is 35.1 Å². The van der Waals surface area contributed by atoms with Crippen molar-refractivity contribution in [3.8, 4) is 5.88 Å². The van der Waals surface area contributed by atoms with Gasteiger partial charge in [0, 0.05) is 11.6 Å². The van der Waals surface area contributed by atoms with Crippen LogP contribution in [0.5, 0.6) is 5.88 Å². The molecule has 0 amide bonds. The number of H-pyrrole nitrogens is 1. The molecule has 0 saturated carbocycles. The summed E-state index contributed by atoms with van der Waals surface area (Å²) in [5, 5.41) is 5.57. The normalized spacial score (nSPS) is 12.9. The molecule has 5 nitrogen and oxygen atoms in total. The van der Waals surface area contributed by atoms with Crippen LogP contribution in [0.25, 0.3) is 6.08 Å². The van der Waals surface area contributed by atoms with Gasteiger partial charge >= 0.3 is 0 Å². The van der Waals surface area contributed by atoms with E-state index in [1.165, 1.54) is 19.3 Å². The number of aromatic amines is 1. The minimum Gasteiger partial charge on any atom is -0.480 e. The molecular formula is C13H14ClFN2O3. The van der Waals surface area contributed by atoms with E-state index in [4.69, 9.17) is 16.3 Å². The van der Waals surface area contributed by atoms with Crippen molar-refractivity contribution in [3.05, 3.63) is 40.2 Å². The molecule has 1 aromatic rings. The van der Waals surface area contributed by atoms with Crippen LogP contribution < -0.4 is 10.3 Å². The first-order valence-corrected chi connectivity index (χ1v) is 6.21. The molecule has 1 unspecified atom stereocenters. The van der Waals surface area contributed by atoms with E-state index in [1.807, 2.05) is 0 Å². The van der Waals surface area contributed by atoms with Gasteiger partial charge in [-0.3, -0.25) is 9.59 Å². The number of rotatable bonds is 7. The Kier molecular flexibility index (Phi) is 6.66. The summed E-state index contributed by atoms with van der Waals surface area (Å²) in [5.74, 6) is -0.328. The van der Waals surface area contributed by atoms with Gasteiger partial charge in [-0.15, -0.1) is 16.7 Å². The molecule has 0 aromatic carbocycles. The number of hydrogen-bond donors (Lipinski definition) is 1. The largest absolute Gasteiger partial charge is 0.480 e. The molecule has 0 aliphatic heterocycles. The van der Waals surface area contributed by atoms with Crippen molar-refractivity contribution in [3.63, 3.8) is 0 Å². The van der Waals surface area contributed by atoms with E-state index in [0.29, 0.717) is 12.0 Å². The second-order valence-corrected chi connectivity index (χ2v) is 4.37. The Labute approximate surface area is 120 Å². The zero-order chi connectivity index (χ0) is 15.0. The van der Waals surface area contributed by atoms with Crippen molar-refractivity contribution in [1.82, 2.24) is 10.2 Å². The maximum Gasteiger partial charge on any atom is 0.264 e. The fourth-order valence-corrected chi connectivity index (χ4v) is 1.52. The molecule has 0 spiro atoms.